The molecular formula is C23H24N6O6S. The molecule has 1 aromatic heterocycles. The van der Waals surface area contributed by atoms with Gasteiger partial charge in [-0.25, -0.2) is 8.42 Å². The van der Waals surface area contributed by atoms with Crippen molar-refractivity contribution in [1.29, 1.82) is 0 Å². The summed E-state index contributed by atoms with van der Waals surface area (Å²) in [6.07, 6.45) is 2.23. The molecule has 1 aliphatic heterocycles. The standard InChI is InChI=1S/C23H24N6O6S/c1-15-9-11-27(12-10-15)23-8-7-20(24-25-23)17-3-5-18(6-4-17)26-36(34,35)19-13-21(28(30)31)16(2)22(14-19)29(32)33/h3-8,13-15,26H,9-12H2,1-2H3. The summed E-state index contributed by atoms with van der Waals surface area (Å²) < 4.78 is 28.0. The van der Waals surface area contributed by atoms with Crippen molar-refractivity contribution in [3.05, 3.63) is 74.3 Å². The zero-order valence-electron chi connectivity index (χ0n) is 19.6. The van der Waals surface area contributed by atoms with Gasteiger partial charge in [-0.15, -0.1) is 10.2 Å². The monoisotopic (exact) mass is 512 g/mol. The fraction of sp³-hybridized carbons (Fsp3) is 0.304. The molecule has 1 fully saturated rings. The molecule has 1 aliphatic rings. The van der Waals surface area contributed by atoms with Crippen molar-refractivity contribution in [2.45, 2.75) is 31.6 Å². The predicted molar refractivity (Wildman–Crippen MR) is 133 cm³/mol. The van der Waals surface area contributed by atoms with E-state index < -0.39 is 36.1 Å². The van der Waals surface area contributed by atoms with Crippen LogP contribution < -0.4 is 9.62 Å². The van der Waals surface area contributed by atoms with E-state index in [1.165, 1.54) is 19.1 Å². The Balaban J connectivity index is 1.52. The van der Waals surface area contributed by atoms with Gasteiger partial charge in [-0.2, -0.15) is 0 Å². The second kappa shape index (κ2) is 9.85. The molecule has 2 heterocycles. The summed E-state index contributed by atoms with van der Waals surface area (Å²) in [6.45, 7) is 5.32. The number of hydrogen-bond acceptors (Lipinski definition) is 9. The van der Waals surface area contributed by atoms with Gasteiger partial charge >= 0.3 is 0 Å². The van der Waals surface area contributed by atoms with Gasteiger partial charge < -0.3 is 4.90 Å². The average Bonchev–Trinajstić information content (AvgIpc) is 2.84. The molecule has 13 heteroatoms. The van der Waals surface area contributed by atoms with E-state index in [9.17, 15) is 28.6 Å². The number of hydrogen-bond donors (Lipinski definition) is 1. The Morgan fingerprint density at radius 3 is 2.03 bits per heavy atom. The van der Waals surface area contributed by atoms with Gasteiger partial charge in [0.15, 0.2) is 5.82 Å². The maximum absolute atomic E-state index is 12.8. The zero-order chi connectivity index (χ0) is 26.0. The van der Waals surface area contributed by atoms with Gasteiger partial charge in [-0.1, -0.05) is 19.1 Å². The van der Waals surface area contributed by atoms with E-state index in [1.54, 1.807) is 12.1 Å². The maximum Gasteiger partial charge on any atom is 0.280 e. The average molecular weight is 513 g/mol. The van der Waals surface area contributed by atoms with E-state index in [0.29, 0.717) is 17.2 Å². The molecule has 0 radical (unpaired) electrons. The molecule has 0 saturated carbocycles. The number of nitrogens with zero attached hydrogens (tertiary/aromatic N) is 5. The van der Waals surface area contributed by atoms with Crippen LogP contribution in [0.3, 0.4) is 0 Å². The topological polar surface area (TPSA) is 161 Å². The lowest BCUT2D eigenvalue weighted by molar-refractivity contribution is -0.395. The maximum atomic E-state index is 12.8. The minimum absolute atomic E-state index is 0.177. The SMILES string of the molecule is Cc1c([N+](=O)[O-])cc(S(=O)(=O)Nc2ccc(-c3ccc(N4CCC(C)CC4)nn3)cc2)cc1[N+](=O)[O-]. The van der Waals surface area contributed by atoms with Crippen molar-refractivity contribution in [2.75, 3.05) is 22.7 Å². The van der Waals surface area contributed by atoms with Crippen LogP contribution in [0.4, 0.5) is 22.9 Å². The summed E-state index contributed by atoms with van der Waals surface area (Å²) in [5.41, 5.74) is -0.0249. The predicted octanol–water partition coefficient (Wildman–Crippen LogP) is 4.31. The molecule has 2 aromatic carbocycles. The van der Waals surface area contributed by atoms with Gasteiger partial charge in [0.1, 0.15) is 10.5 Å². The molecule has 0 aliphatic carbocycles. The van der Waals surface area contributed by atoms with Crippen molar-refractivity contribution >= 4 is 32.9 Å². The molecule has 0 unspecified atom stereocenters. The van der Waals surface area contributed by atoms with Crippen molar-refractivity contribution in [3.63, 3.8) is 0 Å². The van der Waals surface area contributed by atoms with Gasteiger partial charge in [0.25, 0.3) is 21.4 Å². The van der Waals surface area contributed by atoms with Crippen molar-refractivity contribution in [1.82, 2.24) is 10.2 Å². The zero-order valence-corrected chi connectivity index (χ0v) is 20.4. The Hall–Kier alpha value is -4.13. The molecule has 4 rings (SSSR count). The second-order valence-electron chi connectivity index (χ2n) is 8.73. The smallest absolute Gasteiger partial charge is 0.280 e. The molecule has 3 aromatic rings. The highest BCUT2D eigenvalue weighted by Crippen LogP contribution is 2.32. The molecule has 0 atom stereocenters. The van der Waals surface area contributed by atoms with Gasteiger partial charge in [0, 0.05) is 36.5 Å². The van der Waals surface area contributed by atoms with E-state index in [1.807, 2.05) is 12.1 Å². The molecule has 0 spiro atoms. The van der Waals surface area contributed by atoms with E-state index >= 15 is 0 Å². The highest BCUT2D eigenvalue weighted by molar-refractivity contribution is 7.92. The first kappa shape index (κ1) is 25.0. The minimum Gasteiger partial charge on any atom is -0.355 e. The van der Waals surface area contributed by atoms with Crippen LogP contribution in [0.25, 0.3) is 11.3 Å². The summed E-state index contributed by atoms with van der Waals surface area (Å²) >= 11 is 0. The van der Waals surface area contributed by atoms with Crippen LogP contribution in [0.2, 0.25) is 0 Å². The largest absolute Gasteiger partial charge is 0.355 e. The minimum atomic E-state index is -4.33. The van der Waals surface area contributed by atoms with Gasteiger partial charge in [0.2, 0.25) is 0 Å². The molecule has 188 valence electrons. The number of aromatic nitrogens is 2. The highest BCUT2D eigenvalue weighted by Gasteiger charge is 2.28. The van der Waals surface area contributed by atoms with Gasteiger partial charge in [-0.05, 0) is 49.9 Å². The quantitative estimate of drug-likeness (QED) is 0.359. The Labute approximate surface area is 207 Å². The Morgan fingerprint density at radius 2 is 1.53 bits per heavy atom. The number of nitro benzene ring substituents is 2. The van der Waals surface area contributed by atoms with E-state index in [2.05, 4.69) is 26.7 Å². The van der Waals surface area contributed by atoms with Crippen LogP contribution in [0.15, 0.2) is 53.4 Å². The summed E-state index contributed by atoms with van der Waals surface area (Å²) in [5, 5.41) is 31.2. The van der Waals surface area contributed by atoms with Crippen molar-refractivity contribution in [3.8, 4) is 11.3 Å². The number of nitro groups is 2. The Kier molecular flexibility index (Phi) is 6.84. The fourth-order valence-electron chi connectivity index (χ4n) is 4.00. The van der Waals surface area contributed by atoms with Gasteiger partial charge in [-0.3, -0.25) is 25.0 Å². The highest BCUT2D eigenvalue weighted by atomic mass is 32.2. The number of anilines is 2. The Bertz CT molecular complexity index is 1370. The molecule has 36 heavy (non-hydrogen) atoms. The molecule has 12 nitrogen and oxygen atoms in total. The summed E-state index contributed by atoms with van der Waals surface area (Å²) in [6, 6.07) is 11.7. The third-order valence-electron chi connectivity index (χ3n) is 6.22. The van der Waals surface area contributed by atoms with Crippen LogP contribution in [0.1, 0.15) is 25.3 Å². The van der Waals surface area contributed by atoms with Crippen LogP contribution >= 0.6 is 0 Å². The summed E-state index contributed by atoms with van der Waals surface area (Å²) in [7, 11) is -4.33. The van der Waals surface area contributed by atoms with Gasteiger partial charge in [0.05, 0.1) is 15.5 Å². The Morgan fingerprint density at radius 1 is 0.944 bits per heavy atom. The first-order chi connectivity index (χ1) is 17.0. The number of rotatable bonds is 7. The summed E-state index contributed by atoms with van der Waals surface area (Å²) in [4.78, 5) is 22.5. The van der Waals surface area contributed by atoms with Crippen molar-refractivity contribution in [2.24, 2.45) is 5.92 Å². The van der Waals surface area contributed by atoms with Crippen molar-refractivity contribution < 1.29 is 18.3 Å². The van der Waals surface area contributed by atoms with Crippen LogP contribution in [0.5, 0.6) is 0 Å². The van der Waals surface area contributed by atoms with E-state index in [4.69, 9.17) is 0 Å². The first-order valence-corrected chi connectivity index (χ1v) is 12.7. The van der Waals surface area contributed by atoms with E-state index in [0.717, 1.165) is 43.9 Å². The van der Waals surface area contributed by atoms with E-state index in [-0.39, 0.29) is 11.3 Å². The second-order valence-corrected chi connectivity index (χ2v) is 10.4. The lowest BCUT2D eigenvalue weighted by Gasteiger charge is -2.30. The molecular weight excluding hydrogens is 488 g/mol. The fourth-order valence-corrected chi connectivity index (χ4v) is 5.10. The molecule has 0 amide bonds. The lowest BCUT2D eigenvalue weighted by atomic mass is 9.99. The third-order valence-corrected chi connectivity index (χ3v) is 7.58. The third kappa shape index (κ3) is 5.25. The summed E-state index contributed by atoms with van der Waals surface area (Å²) in [5.74, 6) is 1.52. The van der Waals surface area contributed by atoms with Crippen LogP contribution in [-0.4, -0.2) is 41.6 Å². The normalized spacial score (nSPS) is 14.4. The molecule has 1 N–H and O–H groups in total. The molecule has 1 saturated heterocycles. The van der Waals surface area contributed by atoms with Crippen LogP contribution in [0, 0.1) is 33.1 Å². The number of benzene rings is 2. The first-order valence-electron chi connectivity index (χ1n) is 11.2. The lowest BCUT2D eigenvalue weighted by Crippen LogP contribution is -2.33. The molecule has 0 bridgehead atoms. The van der Waals surface area contributed by atoms with Crippen LogP contribution in [-0.2, 0) is 10.0 Å². The number of nitrogens with one attached hydrogen (secondary N) is 1. The number of piperidine rings is 1. The number of sulfonamides is 1.